The SMILES string of the molecule is [CH3][Ge]([CH3])([CH3])[c]1ccc(N(c2ccc3ccccc3c2)c2ccc3c(-c4ccc5ccccc5c4)c4cc(N(c5cc[c]([Ge]([CH3])([CH3])[CH3])cc5)c5ccc6ccccc6c5)ccc4c(-c4ccc5ccccc5c4)c3c2)cc1. The molecule has 0 fully saturated rings. The van der Waals surface area contributed by atoms with Gasteiger partial charge in [0.25, 0.3) is 0 Å². The zero-order valence-corrected chi connectivity index (χ0v) is 48.3. The molecule has 2 nitrogen and oxygen atoms in total. The van der Waals surface area contributed by atoms with E-state index < -0.39 is 26.5 Å². The first-order chi connectivity index (χ1) is 36.9. The Labute approximate surface area is 452 Å². The van der Waals surface area contributed by atoms with Crippen molar-refractivity contribution in [3.63, 3.8) is 0 Å². The summed E-state index contributed by atoms with van der Waals surface area (Å²) in [5, 5.41) is 14.6. The van der Waals surface area contributed by atoms with Crippen molar-refractivity contribution in [3.8, 4) is 22.3 Å². The molecule has 0 N–H and O–H groups in total. The molecule has 0 aromatic heterocycles. The molecule has 76 heavy (non-hydrogen) atoms. The van der Waals surface area contributed by atoms with Crippen LogP contribution in [0.5, 0.6) is 0 Å². The Balaban J connectivity index is 1.12. The van der Waals surface area contributed by atoms with Crippen molar-refractivity contribution in [1.29, 1.82) is 0 Å². The molecule has 0 saturated heterocycles. The normalized spacial score (nSPS) is 12.1. The van der Waals surface area contributed by atoms with Gasteiger partial charge in [-0.25, -0.2) is 0 Å². The topological polar surface area (TPSA) is 6.48 Å². The summed E-state index contributed by atoms with van der Waals surface area (Å²) < 4.78 is 2.99. The molecule has 0 unspecified atom stereocenters. The van der Waals surface area contributed by atoms with Crippen LogP contribution in [0.15, 0.2) is 255 Å². The standard InChI is InChI=1S/C72H60Ge2N2/c1-73(2,3)59-29-35-61(36-30-59)75(63-33-27-51-17-9-13-21-55(51)45-63)65-39-41-67-69(47-65)71(57-25-23-49-15-7-11-19-53(49)43-57)68-42-40-66(48-70(68)72(67)58-26-24-50-16-8-12-20-54(50)44-58)76(62-37-31-60(32-38-62)74(4,5)6)64-34-28-52-18-10-14-22-56(52)46-64/h7-48H,1-6H3. The number of nitrogens with zero attached hydrogens (tertiary/aromatic N) is 2. The maximum absolute atomic E-state index is 2.48. The predicted molar refractivity (Wildman–Crippen MR) is 338 cm³/mol. The van der Waals surface area contributed by atoms with Gasteiger partial charge in [0.1, 0.15) is 0 Å². The van der Waals surface area contributed by atoms with Gasteiger partial charge in [0.15, 0.2) is 0 Å². The molecule has 0 aliphatic heterocycles. The van der Waals surface area contributed by atoms with Crippen LogP contribution in [0.1, 0.15) is 0 Å². The maximum atomic E-state index is 2.48. The monoisotopic (exact) mass is 1100 g/mol. The summed E-state index contributed by atoms with van der Waals surface area (Å²) in [5.74, 6) is 14.8. The molecule has 0 radical (unpaired) electrons. The van der Waals surface area contributed by atoms with E-state index in [1.807, 2.05) is 0 Å². The number of hydrogen-bond donors (Lipinski definition) is 0. The third-order valence-electron chi connectivity index (χ3n) is 15.6. The summed E-state index contributed by atoms with van der Waals surface area (Å²) in [6.07, 6.45) is 0. The first kappa shape index (κ1) is 47.8. The van der Waals surface area contributed by atoms with Gasteiger partial charge in [-0.1, -0.05) is 48.5 Å². The van der Waals surface area contributed by atoms with Crippen LogP contribution >= 0.6 is 0 Å². The van der Waals surface area contributed by atoms with Gasteiger partial charge in [0.05, 0.1) is 0 Å². The summed E-state index contributed by atoms with van der Waals surface area (Å²) in [6, 6.07) is 96.2. The van der Waals surface area contributed by atoms with E-state index in [-0.39, 0.29) is 0 Å². The van der Waals surface area contributed by atoms with Gasteiger partial charge in [-0.2, -0.15) is 0 Å². The number of hydrogen-bond acceptors (Lipinski definition) is 2. The fourth-order valence-corrected chi connectivity index (χ4v) is 16.4. The van der Waals surface area contributed by atoms with E-state index in [9.17, 15) is 0 Å². The van der Waals surface area contributed by atoms with Crippen molar-refractivity contribution in [1.82, 2.24) is 0 Å². The molecule has 4 heteroatoms. The Morgan fingerprint density at radius 1 is 0.224 bits per heavy atom. The number of fused-ring (bicyclic) bond motifs is 6. The third-order valence-corrected chi connectivity index (χ3v) is 24.3. The fraction of sp³-hybridized carbons (Fsp3) is 0.0833. The van der Waals surface area contributed by atoms with Crippen LogP contribution in [0.4, 0.5) is 34.1 Å². The van der Waals surface area contributed by atoms with Crippen LogP contribution in [0.3, 0.4) is 0 Å². The Morgan fingerprint density at radius 2 is 0.500 bits per heavy atom. The van der Waals surface area contributed by atoms with E-state index in [2.05, 4.69) is 299 Å². The Morgan fingerprint density at radius 3 is 0.842 bits per heavy atom. The minimum atomic E-state index is -2.11. The van der Waals surface area contributed by atoms with Gasteiger partial charge < -0.3 is 0 Å². The second kappa shape index (κ2) is 19.0. The summed E-state index contributed by atoms with van der Waals surface area (Å²) in [4.78, 5) is 4.93. The van der Waals surface area contributed by atoms with Crippen LogP contribution < -0.4 is 18.6 Å². The van der Waals surface area contributed by atoms with Gasteiger partial charge in [-0.05, 0) is 10.8 Å². The Hall–Kier alpha value is -7.89. The average Bonchev–Trinajstić information content (AvgIpc) is 3.46. The van der Waals surface area contributed by atoms with Crippen LogP contribution in [0.25, 0.3) is 86.9 Å². The summed E-state index contributed by atoms with van der Waals surface area (Å²) >= 11 is -4.23. The van der Waals surface area contributed by atoms with Crippen molar-refractivity contribution in [2.45, 2.75) is 34.5 Å². The van der Waals surface area contributed by atoms with Crippen molar-refractivity contribution < 1.29 is 0 Å². The Bertz CT molecular complexity index is 4090. The zero-order valence-electron chi connectivity index (χ0n) is 44.1. The molecular weight excluding hydrogens is 1040 g/mol. The zero-order chi connectivity index (χ0) is 51.7. The molecule has 0 aliphatic carbocycles. The van der Waals surface area contributed by atoms with E-state index in [1.165, 1.54) is 95.7 Å². The molecule has 366 valence electrons. The molecule has 0 bridgehead atoms. The second-order valence-corrected chi connectivity index (χ2v) is 44.0. The van der Waals surface area contributed by atoms with E-state index in [0.717, 1.165) is 34.1 Å². The van der Waals surface area contributed by atoms with Gasteiger partial charge in [0, 0.05) is 0 Å². The molecule has 0 amide bonds. The van der Waals surface area contributed by atoms with Crippen LogP contribution in [-0.4, -0.2) is 26.5 Å². The van der Waals surface area contributed by atoms with E-state index in [0.29, 0.717) is 0 Å². The van der Waals surface area contributed by atoms with Crippen LogP contribution in [0, 0.1) is 0 Å². The van der Waals surface area contributed by atoms with E-state index in [1.54, 1.807) is 0 Å². The van der Waals surface area contributed by atoms with Crippen molar-refractivity contribution in [2.75, 3.05) is 9.80 Å². The first-order valence-corrected chi connectivity index (χ1v) is 41.4. The number of anilines is 6. The van der Waals surface area contributed by atoms with Crippen LogP contribution in [-0.2, 0) is 0 Å². The summed E-state index contributed by atoms with van der Waals surface area (Å²) in [6.45, 7) is 0. The quantitative estimate of drug-likeness (QED) is 0.0995. The Kier molecular flexibility index (Phi) is 12.0. The molecule has 0 spiro atoms. The predicted octanol–water partition coefficient (Wildman–Crippen LogP) is 20.0. The number of benzene rings is 13. The van der Waals surface area contributed by atoms with Gasteiger partial charge in [-0.15, -0.1) is 0 Å². The minimum absolute atomic E-state index is 1.11. The second-order valence-electron chi connectivity index (χ2n) is 22.7. The molecule has 0 atom stereocenters. The van der Waals surface area contributed by atoms with Gasteiger partial charge >= 0.3 is 396 Å². The van der Waals surface area contributed by atoms with Gasteiger partial charge in [0.2, 0.25) is 0 Å². The molecule has 13 rings (SSSR count). The van der Waals surface area contributed by atoms with Crippen molar-refractivity contribution >= 4 is 134 Å². The van der Waals surface area contributed by atoms with Gasteiger partial charge in [-0.3, -0.25) is 0 Å². The van der Waals surface area contributed by atoms with E-state index in [4.69, 9.17) is 0 Å². The number of rotatable bonds is 10. The molecule has 0 aliphatic rings. The molecule has 13 aromatic carbocycles. The molecule has 13 aromatic rings. The average molecular weight is 1100 g/mol. The summed E-state index contributed by atoms with van der Waals surface area (Å²) in [5.41, 5.74) is 11.6. The molecular formula is C72H60Ge2N2. The van der Waals surface area contributed by atoms with E-state index >= 15 is 0 Å². The fourth-order valence-electron chi connectivity index (χ4n) is 11.5. The van der Waals surface area contributed by atoms with Crippen molar-refractivity contribution in [3.05, 3.63) is 255 Å². The van der Waals surface area contributed by atoms with Crippen molar-refractivity contribution in [2.24, 2.45) is 0 Å². The molecule has 0 heterocycles. The first-order valence-electron chi connectivity index (χ1n) is 26.7. The third kappa shape index (κ3) is 8.83. The molecule has 0 saturated carbocycles. The summed E-state index contributed by atoms with van der Waals surface area (Å²) in [7, 11) is 0. The van der Waals surface area contributed by atoms with Crippen LogP contribution in [0.2, 0.25) is 34.5 Å².